The number of ether oxygens (including phenoxy) is 2. The summed E-state index contributed by atoms with van der Waals surface area (Å²) >= 11 is 0. The molecule has 2 aromatic carbocycles. The predicted molar refractivity (Wildman–Crippen MR) is 110 cm³/mol. The van der Waals surface area contributed by atoms with E-state index in [0.717, 1.165) is 11.3 Å². The molecule has 0 aliphatic carbocycles. The molecule has 0 aliphatic heterocycles. The molecular weight excluding hydrogens is 356 g/mol. The Hall–Kier alpha value is -3.02. The van der Waals surface area contributed by atoms with Crippen molar-refractivity contribution >= 4 is 17.5 Å². The van der Waals surface area contributed by atoms with Crippen LogP contribution >= 0.6 is 0 Å². The van der Waals surface area contributed by atoms with Gasteiger partial charge in [0.2, 0.25) is 11.8 Å². The van der Waals surface area contributed by atoms with Gasteiger partial charge >= 0.3 is 0 Å². The number of amides is 2. The maximum atomic E-state index is 12.5. The smallest absolute Gasteiger partial charge is 0.228 e. The Bertz CT molecular complexity index is 792. The summed E-state index contributed by atoms with van der Waals surface area (Å²) in [6.45, 7) is 2.45. The number of methoxy groups -OCH3 is 2. The van der Waals surface area contributed by atoms with Crippen molar-refractivity contribution in [3.63, 3.8) is 0 Å². The van der Waals surface area contributed by atoms with Crippen LogP contribution in [0.5, 0.6) is 11.5 Å². The largest absolute Gasteiger partial charge is 0.493 e. The molecule has 0 atom stereocenters. The highest BCUT2D eigenvalue weighted by molar-refractivity contribution is 5.93. The molecule has 2 aromatic rings. The minimum Gasteiger partial charge on any atom is -0.493 e. The molecule has 0 N–H and O–H groups in total. The quantitative estimate of drug-likeness (QED) is 0.666. The van der Waals surface area contributed by atoms with Gasteiger partial charge in [-0.05, 0) is 36.2 Å². The molecular formula is C22H28N2O4. The molecule has 2 rings (SSSR count). The fourth-order valence-corrected chi connectivity index (χ4v) is 2.92. The first-order chi connectivity index (χ1) is 13.5. The maximum absolute atomic E-state index is 12.5. The molecule has 0 radical (unpaired) electrons. The van der Waals surface area contributed by atoms with E-state index < -0.39 is 0 Å². The fourth-order valence-electron chi connectivity index (χ4n) is 2.92. The Morgan fingerprint density at radius 2 is 1.61 bits per heavy atom. The molecule has 6 nitrogen and oxygen atoms in total. The number of hydrogen-bond acceptors (Lipinski definition) is 4. The number of rotatable bonds is 9. The second kappa shape index (κ2) is 10.3. The van der Waals surface area contributed by atoms with Crippen molar-refractivity contribution < 1.29 is 19.1 Å². The summed E-state index contributed by atoms with van der Waals surface area (Å²) < 4.78 is 10.6. The van der Waals surface area contributed by atoms with Gasteiger partial charge in [-0.25, -0.2) is 0 Å². The molecule has 150 valence electrons. The zero-order valence-electron chi connectivity index (χ0n) is 17.0. The highest BCUT2D eigenvalue weighted by atomic mass is 16.5. The van der Waals surface area contributed by atoms with Crippen LogP contribution in [0.2, 0.25) is 0 Å². The standard InChI is InChI=1S/C22H28N2O4/c1-17(25)24(14-12-18-10-11-20(27-3)21(16-18)28-4)15-13-22(26)23(2)19-8-6-5-7-9-19/h5-11,16H,12-15H2,1-4H3. The van der Waals surface area contributed by atoms with Crippen molar-refractivity contribution in [1.82, 2.24) is 4.90 Å². The van der Waals surface area contributed by atoms with E-state index in [1.807, 2.05) is 48.5 Å². The van der Waals surface area contributed by atoms with E-state index in [-0.39, 0.29) is 18.2 Å². The minimum absolute atomic E-state index is 0.0245. The van der Waals surface area contributed by atoms with Crippen molar-refractivity contribution in [1.29, 1.82) is 0 Å². The number of hydrogen-bond donors (Lipinski definition) is 0. The minimum atomic E-state index is -0.0457. The Morgan fingerprint density at radius 3 is 2.21 bits per heavy atom. The van der Waals surface area contributed by atoms with Gasteiger partial charge in [-0.2, -0.15) is 0 Å². The van der Waals surface area contributed by atoms with Crippen molar-refractivity contribution in [2.24, 2.45) is 0 Å². The summed E-state index contributed by atoms with van der Waals surface area (Å²) in [6, 6.07) is 15.2. The SMILES string of the molecule is COc1ccc(CCN(CCC(=O)N(C)c2ccccc2)C(C)=O)cc1OC. The van der Waals surface area contributed by atoms with Gasteiger partial charge in [-0.15, -0.1) is 0 Å². The highest BCUT2D eigenvalue weighted by Gasteiger charge is 2.15. The molecule has 0 saturated heterocycles. The number of carbonyl (C=O) groups is 2. The van der Waals surface area contributed by atoms with Crippen LogP contribution in [0.15, 0.2) is 48.5 Å². The maximum Gasteiger partial charge on any atom is 0.228 e. The average Bonchev–Trinajstić information content (AvgIpc) is 2.73. The van der Waals surface area contributed by atoms with Gasteiger partial charge < -0.3 is 19.3 Å². The molecule has 0 aromatic heterocycles. The summed E-state index contributed by atoms with van der Waals surface area (Å²) in [4.78, 5) is 27.8. The number of carbonyl (C=O) groups excluding carboxylic acids is 2. The van der Waals surface area contributed by atoms with Gasteiger partial charge in [0, 0.05) is 39.2 Å². The Labute approximate surface area is 166 Å². The van der Waals surface area contributed by atoms with Gasteiger partial charge in [-0.3, -0.25) is 9.59 Å². The van der Waals surface area contributed by atoms with E-state index in [1.165, 1.54) is 6.92 Å². The second-order valence-electron chi connectivity index (χ2n) is 6.48. The summed E-state index contributed by atoms with van der Waals surface area (Å²) in [7, 11) is 4.94. The molecule has 0 saturated carbocycles. The molecule has 0 bridgehead atoms. The van der Waals surface area contributed by atoms with Gasteiger partial charge in [-0.1, -0.05) is 24.3 Å². The van der Waals surface area contributed by atoms with Crippen LogP contribution < -0.4 is 14.4 Å². The zero-order valence-corrected chi connectivity index (χ0v) is 17.0. The highest BCUT2D eigenvalue weighted by Crippen LogP contribution is 2.27. The van der Waals surface area contributed by atoms with Crippen LogP contribution in [0.25, 0.3) is 0 Å². The van der Waals surface area contributed by atoms with Gasteiger partial charge in [0.25, 0.3) is 0 Å². The molecule has 0 unspecified atom stereocenters. The average molecular weight is 384 g/mol. The topological polar surface area (TPSA) is 59.1 Å². The lowest BCUT2D eigenvalue weighted by atomic mass is 10.1. The van der Waals surface area contributed by atoms with Gasteiger partial charge in [0.05, 0.1) is 14.2 Å². The van der Waals surface area contributed by atoms with Crippen LogP contribution in [-0.2, 0) is 16.0 Å². The van der Waals surface area contributed by atoms with Crippen LogP contribution in [0, 0.1) is 0 Å². The van der Waals surface area contributed by atoms with E-state index in [4.69, 9.17) is 9.47 Å². The van der Waals surface area contributed by atoms with Crippen LogP contribution in [0.1, 0.15) is 18.9 Å². The third-order valence-corrected chi connectivity index (χ3v) is 4.68. The van der Waals surface area contributed by atoms with E-state index in [9.17, 15) is 9.59 Å². The summed E-state index contributed by atoms with van der Waals surface area (Å²) in [6.07, 6.45) is 0.944. The summed E-state index contributed by atoms with van der Waals surface area (Å²) in [5, 5.41) is 0. The third-order valence-electron chi connectivity index (χ3n) is 4.68. The molecule has 0 spiro atoms. The summed E-state index contributed by atoms with van der Waals surface area (Å²) in [5.74, 6) is 1.26. The first-order valence-electron chi connectivity index (χ1n) is 9.24. The molecule has 0 fully saturated rings. The van der Waals surface area contributed by atoms with Gasteiger partial charge in [0.1, 0.15) is 0 Å². The molecule has 28 heavy (non-hydrogen) atoms. The number of benzene rings is 2. The van der Waals surface area contributed by atoms with E-state index in [0.29, 0.717) is 31.0 Å². The van der Waals surface area contributed by atoms with Crippen molar-refractivity contribution in [3.05, 3.63) is 54.1 Å². The Morgan fingerprint density at radius 1 is 0.929 bits per heavy atom. The fraction of sp³-hybridized carbons (Fsp3) is 0.364. The van der Waals surface area contributed by atoms with Crippen molar-refractivity contribution in [2.75, 3.05) is 39.3 Å². The Balaban J connectivity index is 1.93. The normalized spacial score (nSPS) is 10.3. The van der Waals surface area contributed by atoms with E-state index in [2.05, 4.69) is 0 Å². The van der Waals surface area contributed by atoms with E-state index in [1.54, 1.807) is 31.1 Å². The van der Waals surface area contributed by atoms with Crippen LogP contribution in [-0.4, -0.2) is 51.1 Å². The molecule has 6 heteroatoms. The second-order valence-corrected chi connectivity index (χ2v) is 6.48. The lowest BCUT2D eigenvalue weighted by molar-refractivity contribution is -0.129. The zero-order chi connectivity index (χ0) is 20.5. The van der Waals surface area contributed by atoms with Crippen LogP contribution in [0.3, 0.4) is 0 Å². The first kappa shape index (κ1) is 21.3. The lowest BCUT2D eigenvalue weighted by Gasteiger charge is -2.23. The lowest BCUT2D eigenvalue weighted by Crippen LogP contribution is -2.35. The number of anilines is 1. The monoisotopic (exact) mass is 384 g/mol. The first-order valence-corrected chi connectivity index (χ1v) is 9.24. The number of para-hydroxylation sites is 1. The van der Waals surface area contributed by atoms with Crippen molar-refractivity contribution in [3.8, 4) is 11.5 Å². The third kappa shape index (κ3) is 5.74. The summed E-state index contributed by atoms with van der Waals surface area (Å²) in [5.41, 5.74) is 1.88. The predicted octanol–water partition coefficient (Wildman–Crippen LogP) is 3.15. The van der Waals surface area contributed by atoms with E-state index >= 15 is 0 Å². The molecule has 2 amide bonds. The molecule has 0 heterocycles. The van der Waals surface area contributed by atoms with Gasteiger partial charge in [0.15, 0.2) is 11.5 Å². The van der Waals surface area contributed by atoms with Crippen molar-refractivity contribution in [2.45, 2.75) is 19.8 Å². The Kier molecular flexibility index (Phi) is 7.87. The molecule has 0 aliphatic rings. The van der Waals surface area contributed by atoms with Crippen LogP contribution in [0.4, 0.5) is 5.69 Å². The number of nitrogens with zero attached hydrogens (tertiary/aromatic N) is 2.